The molecule has 1 fully saturated rings. The van der Waals surface area contributed by atoms with Gasteiger partial charge in [0.05, 0.1) is 37.8 Å². The molecule has 0 radical (unpaired) electrons. The van der Waals surface area contributed by atoms with E-state index in [9.17, 15) is 0 Å². The van der Waals surface area contributed by atoms with Crippen LogP contribution in [0.3, 0.4) is 0 Å². The summed E-state index contributed by atoms with van der Waals surface area (Å²) < 4.78 is 19.3. The van der Waals surface area contributed by atoms with Gasteiger partial charge in [-0.1, -0.05) is 0 Å². The van der Waals surface area contributed by atoms with Crippen LogP contribution in [0.5, 0.6) is 11.5 Å². The molecule has 0 atom stereocenters. The minimum atomic E-state index is -0.288. The first kappa shape index (κ1) is 19.1. The van der Waals surface area contributed by atoms with Crippen LogP contribution < -0.4 is 14.4 Å². The molecular weight excluding hydrogens is 382 g/mol. The Bertz CT molecular complexity index is 1100. The van der Waals surface area contributed by atoms with Crippen molar-refractivity contribution in [2.75, 3.05) is 38.8 Å². The number of nitrogens with zero attached hydrogens (tertiary/aromatic N) is 5. The van der Waals surface area contributed by atoms with Crippen molar-refractivity contribution >= 4 is 11.3 Å². The number of benzene rings is 1. The number of hydrogen-bond donors (Lipinski definition) is 0. The zero-order valence-electron chi connectivity index (χ0n) is 17.9. The van der Waals surface area contributed by atoms with Gasteiger partial charge in [0.25, 0.3) is 0 Å². The number of ether oxygens (including phenoxy) is 3. The van der Waals surface area contributed by atoms with E-state index in [-0.39, 0.29) is 5.60 Å². The van der Waals surface area contributed by atoms with Gasteiger partial charge >= 0.3 is 0 Å². The Kier molecular flexibility index (Phi) is 4.54. The maximum Gasteiger partial charge on any atom is 0.201 e. The van der Waals surface area contributed by atoms with Gasteiger partial charge in [0, 0.05) is 13.1 Å². The van der Waals surface area contributed by atoms with Crippen LogP contribution in [0.2, 0.25) is 0 Å². The second-order valence-corrected chi connectivity index (χ2v) is 8.10. The SMILES string of the molecule is COc1cc2c(cc1OC)C1(CCN(c3c(C)c(C)nn4cnnc34)CC1)OCC2. The summed E-state index contributed by atoms with van der Waals surface area (Å²) in [6.07, 6.45) is 4.36. The van der Waals surface area contributed by atoms with Gasteiger partial charge in [-0.3, -0.25) is 0 Å². The van der Waals surface area contributed by atoms with E-state index in [4.69, 9.17) is 14.2 Å². The van der Waals surface area contributed by atoms with Crippen molar-refractivity contribution in [3.05, 3.63) is 40.8 Å². The molecule has 158 valence electrons. The predicted molar refractivity (Wildman–Crippen MR) is 113 cm³/mol. The molecule has 0 amide bonds. The van der Waals surface area contributed by atoms with E-state index < -0.39 is 0 Å². The minimum absolute atomic E-state index is 0.288. The summed E-state index contributed by atoms with van der Waals surface area (Å²) in [5, 5.41) is 12.9. The van der Waals surface area contributed by atoms with E-state index >= 15 is 0 Å². The fourth-order valence-electron chi connectivity index (χ4n) is 4.90. The third-order valence-corrected chi connectivity index (χ3v) is 6.64. The maximum absolute atomic E-state index is 6.45. The Morgan fingerprint density at radius 3 is 2.53 bits per heavy atom. The van der Waals surface area contributed by atoms with E-state index in [1.54, 1.807) is 25.1 Å². The molecule has 5 rings (SSSR count). The second-order valence-electron chi connectivity index (χ2n) is 8.10. The average Bonchev–Trinajstić information content (AvgIpc) is 3.22. The first-order valence-electron chi connectivity index (χ1n) is 10.4. The maximum atomic E-state index is 6.45. The molecule has 4 heterocycles. The van der Waals surface area contributed by atoms with Crippen molar-refractivity contribution in [3.63, 3.8) is 0 Å². The summed E-state index contributed by atoms with van der Waals surface area (Å²) in [4.78, 5) is 2.40. The molecule has 3 aromatic rings. The largest absolute Gasteiger partial charge is 0.493 e. The highest BCUT2D eigenvalue weighted by Gasteiger charge is 2.42. The number of hydrogen-bond acceptors (Lipinski definition) is 7. The highest BCUT2D eigenvalue weighted by atomic mass is 16.5. The highest BCUT2D eigenvalue weighted by molar-refractivity contribution is 5.73. The Labute approximate surface area is 175 Å². The molecule has 0 bridgehead atoms. The molecule has 1 saturated heterocycles. The summed E-state index contributed by atoms with van der Waals surface area (Å²) in [6, 6.07) is 4.22. The van der Waals surface area contributed by atoms with E-state index in [0.29, 0.717) is 0 Å². The van der Waals surface area contributed by atoms with Gasteiger partial charge in [0.2, 0.25) is 5.65 Å². The molecule has 30 heavy (non-hydrogen) atoms. The first-order chi connectivity index (χ1) is 14.6. The summed E-state index contributed by atoms with van der Waals surface area (Å²) in [5.74, 6) is 1.54. The van der Waals surface area contributed by atoms with Crippen molar-refractivity contribution in [1.82, 2.24) is 19.8 Å². The van der Waals surface area contributed by atoms with Gasteiger partial charge in [-0.2, -0.15) is 9.61 Å². The number of rotatable bonds is 3. The Balaban J connectivity index is 1.49. The van der Waals surface area contributed by atoms with Crippen LogP contribution in [-0.4, -0.2) is 53.7 Å². The standard InChI is InChI=1S/C22H27N5O3/c1-14-15(2)25-27-13-23-24-21(27)20(14)26-8-6-22(7-9-26)17-12-19(29-4)18(28-3)11-16(17)5-10-30-22/h11-13H,5-10H2,1-4H3. The molecule has 2 aromatic heterocycles. The molecule has 0 N–H and O–H groups in total. The second kappa shape index (κ2) is 7.12. The van der Waals surface area contributed by atoms with E-state index in [0.717, 1.165) is 73.0 Å². The normalized spacial score (nSPS) is 17.9. The smallest absolute Gasteiger partial charge is 0.201 e. The van der Waals surface area contributed by atoms with E-state index in [2.05, 4.69) is 39.3 Å². The van der Waals surface area contributed by atoms with Crippen LogP contribution >= 0.6 is 0 Å². The van der Waals surface area contributed by atoms with Crippen molar-refractivity contribution in [2.24, 2.45) is 0 Å². The van der Waals surface area contributed by atoms with Crippen molar-refractivity contribution < 1.29 is 14.2 Å². The van der Waals surface area contributed by atoms with Crippen molar-refractivity contribution in [1.29, 1.82) is 0 Å². The molecule has 0 aliphatic carbocycles. The van der Waals surface area contributed by atoms with Crippen LogP contribution in [0.25, 0.3) is 5.65 Å². The Hall–Kier alpha value is -2.87. The summed E-state index contributed by atoms with van der Waals surface area (Å²) in [7, 11) is 3.36. The minimum Gasteiger partial charge on any atom is -0.493 e. The number of fused-ring (bicyclic) bond motifs is 3. The Morgan fingerprint density at radius 1 is 1.07 bits per heavy atom. The molecule has 1 aromatic carbocycles. The van der Waals surface area contributed by atoms with Crippen LogP contribution in [0.15, 0.2) is 18.5 Å². The lowest BCUT2D eigenvalue weighted by molar-refractivity contribution is -0.0768. The Morgan fingerprint density at radius 2 is 1.80 bits per heavy atom. The van der Waals surface area contributed by atoms with Gasteiger partial charge in [-0.25, -0.2) is 0 Å². The monoisotopic (exact) mass is 409 g/mol. The molecule has 8 nitrogen and oxygen atoms in total. The quantitative estimate of drug-likeness (QED) is 0.658. The van der Waals surface area contributed by atoms with Crippen molar-refractivity contribution in [2.45, 2.75) is 38.7 Å². The topological polar surface area (TPSA) is 74.0 Å². The lowest BCUT2D eigenvalue weighted by atomic mass is 9.79. The molecule has 0 saturated carbocycles. The van der Waals surface area contributed by atoms with Crippen molar-refractivity contribution in [3.8, 4) is 11.5 Å². The van der Waals surface area contributed by atoms with Crippen LogP contribution in [0.4, 0.5) is 5.69 Å². The van der Waals surface area contributed by atoms with Gasteiger partial charge in [-0.15, -0.1) is 10.2 Å². The van der Waals surface area contributed by atoms with E-state index in [1.165, 1.54) is 11.1 Å². The predicted octanol–water partition coefficient (Wildman–Crippen LogP) is 2.83. The van der Waals surface area contributed by atoms with Gasteiger partial charge < -0.3 is 19.1 Å². The number of piperidine rings is 1. The third kappa shape index (κ3) is 2.81. The summed E-state index contributed by atoms with van der Waals surface area (Å²) in [5.41, 5.74) is 6.33. The summed E-state index contributed by atoms with van der Waals surface area (Å²) in [6.45, 7) is 6.62. The van der Waals surface area contributed by atoms with Crippen LogP contribution in [-0.2, 0) is 16.8 Å². The molecule has 1 spiro atoms. The fraction of sp³-hybridized carbons (Fsp3) is 0.500. The molecule has 8 heteroatoms. The lowest BCUT2D eigenvalue weighted by Gasteiger charge is -2.46. The number of anilines is 1. The number of methoxy groups -OCH3 is 2. The third-order valence-electron chi connectivity index (χ3n) is 6.64. The molecule has 0 unspecified atom stereocenters. The zero-order chi connectivity index (χ0) is 20.9. The molecular formula is C22H27N5O3. The zero-order valence-corrected chi connectivity index (χ0v) is 17.9. The highest BCUT2D eigenvalue weighted by Crippen LogP contribution is 2.46. The van der Waals surface area contributed by atoms with Gasteiger partial charge in [-0.05, 0) is 61.9 Å². The molecule has 2 aliphatic heterocycles. The van der Waals surface area contributed by atoms with Crippen LogP contribution in [0, 0.1) is 13.8 Å². The van der Waals surface area contributed by atoms with Gasteiger partial charge in [0.1, 0.15) is 6.33 Å². The van der Waals surface area contributed by atoms with Crippen LogP contribution in [0.1, 0.15) is 35.2 Å². The molecule has 2 aliphatic rings. The average molecular weight is 409 g/mol. The fourth-order valence-corrected chi connectivity index (χ4v) is 4.90. The number of aromatic nitrogens is 4. The number of aryl methyl sites for hydroxylation is 1. The van der Waals surface area contributed by atoms with E-state index in [1.807, 2.05) is 6.92 Å². The summed E-state index contributed by atoms with van der Waals surface area (Å²) >= 11 is 0. The van der Waals surface area contributed by atoms with Gasteiger partial charge in [0.15, 0.2) is 11.5 Å². The lowest BCUT2D eigenvalue weighted by Crippen LogP contribution is -2.47. The first-order valence-corrected chi connectivity index (χ1v) is 10.4.